The van der Waals surface area contributed by atoms with Crippen LogP contribution in [0.1, 0.15) is 12.5 Å². The number of halogens is 1. The largest absolute Gasteiger partial charge is 0.360 e. The van der Waals surface area contributed by atoms with Crippen LogP contribution < -0.4 is 15.1 Å². The topological polar surface area (TPSA) is 60.6 Å². The van der Waals surface area contributed by atoms with Gasteiger partial charge in [0.15, 0.2) is 6.04 Å². The van der Waals surface area contributed by atoms with Crippen LogP contribution >= 0.6 is 0 Å². The molecule has 1 fully saturated rings. The summed E-state index contributed by atoms with van der Waals surface area (Å²) in [5.74, 6) is -0.258. The van der Waals surface area contributed by atoms with Gasteiger partial charge in [0.1, 0.15) is 5.82 Å². The Balaban J connectivity index is 1.53. The Labute approximate surface area is 152 Å². The standard InChI is InChI=1S/C20H21FN4O/c1-15(20(26)23-18-6-2-16(14-22)3-7-18)24-10-12-25(13-11-24)19-8-4-17(21)5-9-19/h2-9,15H,10-13H2,1H3,(H,23,26)/p+1/t15-/m0/s1. The second-order valence-corrected chi connectivity index (χ2v) is 6.52. The van der Waals surface area contributed by atoms with Gasteiger partial charge in [0, 0.05) is 11.4 Å². The Morgan fingerprint density at radius 2 is 1.77 bits per heavy atom. The molecule has 1 amide bonds. The molecule has 2 aromatic carbocycles. The molecule has 0 aromatic heterocycles. The molecule has 134 valence electrons. The molecule has 6 heteroatoms. The summed E-state index contributed by atoms with van der Waals surface area (Å²) in [4.78, 5) is 16.0. The van der Waals surface area contributed by atoms with Gasteiger partial charge >= 0.3 is 0 Å². The van der Waals surface area contributed by atoms with Crippen molar-refractivity contribution in [3.63, 3.8) is 0 Å². The molecule has 0 unspecified atom stereocenters. The third kappa shape index (κ3) is 4.19. The number of anilines is 2. The van der Waals surface area contributed by atoms with E-state index in [1.807, 2.05) is 6.92 Å². The van der Waals surface area contributed by atoms with Gasteiger partial charge < -0.3 is 15.1 Å². The number of hydrogen-bond acceptors (Lipinski definition) is 3. The minimum absolute atomic E-state index is 0.0278. The summed E-state index contributed by atoms with van der Waals surface area (Å²) in [5, 5.41) is 11.7. The van der Waals surface area contributed by atoms with E-state index in [4.69, 9.17) is 5.26 Å². The molecule has 1 atom stereocenters. The SMILES string of the molecule is C[C@@H](C(=O)Nc1ccc(C#N)cc1)[NH+]1CCN(c2ccc(F)cc2)CC1. The molecule has 1 saturated heterocycles. The van der Waals surface area contributed by atoms with Gasteiger partial charge in [-0.25, -0.2) is 4.39 Å². The molecule has 0 bridgehead atoms. The average Bonchev–Trinajstić information content (AvgIpc) is 2.69. The van der Waals surface area contributed by atoms with E-state index in [0.717, 1.165) is 31.9 Å². The van der Waals surface area contributed by atoms with Crippen molar-refractivity contribution < 1.29 is 14.1 Å². The fourth-order valence-corrected chi connectivity index (χ4v) is 3.20. The fraction of sp³-hybridized carbons (Fsp3) is 0.300. The maximum absolute atomic E-state index is 13.0. The first kappa shape index (κ1) is 17.9. The number of nitriles is 1. The molecule has 2 N–H and O–H groups in total. The van der Waals surface area contributed by atoms with E-state index < -0.39 is 0 Å². The third-order valence-corrected chi connectivity index (χ3v) is 4.88. The lowest BCUT2D eigenvalue weighted by atomic mass is 10.2. The predicted molar refractivity (Wildman–Crippen MR) is 98.6 cm³/mol. The summed E-state index contributed by atoms with van der Waals surface area (Å²) in [6.07, 6.45) is 0. The van der Waals surface area contributed by atoms with Gasteiger partial charge in [0.05, 0.1) is 37.8 Å². The Morgan fingerprint density at radius 1 is 1.15 bits per heavy atom. The molecule has 0 radical (unpaired) electrons. The highest BCUT2D eigenvalue weighted by Crippen LogP contribution is 2.14. The maximum atomic E-state index is 13.0. The number of carbonyl (C=O) groups is 1. The van der Waals surface area contributed by atoms with Crippen LogP contribution in [0.5, 0.6) is 0 Å². The summed E-state index contributed by atoms with van der Waals surface area (Å²) >= 11 is 0. The zero-order valence-corrected chi connectivity index (χ0v) is 14.7. The van der Waals surface area contributed by atoms with Crippen LogP contribution in [0.15, 0.2) is 48.5 Å². The third-order valence-electron chi connectivity index (χ3n) is 4.88. The summed E-state index contributed by atoms with van der Waals surface area (Å²) in [5.41, 5.74) is 2.28. The van der Waals surface area contributed by atoms with Crippen molar-refractivity contribution in [2.45, 2.75) is 13.0 Å². The van der Waals surface area contributed by atoms with E-state index in [2.05, 4.69) is 16.3 Å². The second-order valence-electron chi connectivity index (χ2n) is 6.52. The Bertz CT molecular complexity index is 790. The van der Waals surface area contributed by atoms with Gasteiger partial charge in [0.2, 0.25) is 0 Å². The number of benzene rings is 2. The average molecular weight is 353 g/mol. The molecule has 0 aliphatic carbocycles. The van der Waals surface area contributed by atoms with Crippen LogP contribution in [-0.2, 0) is 4.79 Å². The van der Waals surface area contributed by atoms with Crippen LogP contribution in [0.3, 0.4) is 0 Å². The number of rotatable bonds is 4. The number of nitrogens with one attached hydrogen (secondary N) is 2. The number of amides is 1. The fourth-order valence-electron chi connectivity index (χ4n) is 3.20. The molecular formula is C20H22FN4O+. The minimum Gasteiger partial charge on any atom is -0.360 e. The van der Waals surface area contributed by atoms with Crippen molar-refractivity contribution in [1.29, 1.82) is 5.26 Å². The lowest BCUT2D eigenvalue weighted by Gasteiger charge is -2.36. The second kappa shape index (κ2) is 7.98. The lowest BCUT2D eigenvalue weighted by molar-refractivity contribution is -0.914. The van der Waals surface area contributed by atoms with E-state index in [1.54, 1.807) is 36.4 Å². The van der Waals surface area contributed by atoms with Gasteiger partial charge in [0.25, 0.3) is 5.91 Å². The van der Waals surface area contributed by atoms with Gasteiger partial charge in [-0.3, -0.25) is 4.79 Å². The van der Waals surface area contributed by atoms with Crippen molar-refractivity contribution in [3.05, 3.63) is 59.9 Å². The Kier molecular flexibility index (Phi) is 5.49. The van der Waals surface area contributed by atoms with E-state index in [1.165, 1.54) is 17.0 Å². The van der Waals surface area contributed by atoms with Gasteiger partial charge in [-0.05, 0) is 55.5 Å². The summed E-state index contributed by atoms with van der Waals surface area (Å²) in [6, 6.07) is 15.3. The van der Waals surface area contributed by atoms with Crippen molar-refractivity contribution in [2.24, 2.45) is 0 Å². The molecule has 2 aromatic rings. The first-order valence-corrected chi connectivity index (χ1v) is 8.73. The highest BCUT2D eigenvalue weighted by molar-refractivity contribution is 5.93. The van der Waals surface area contributed by atoms with Crippen LogP contribution in [0.25, 0.3) is 0 Å². The van der Waals surface area contributed by atoms with E-state index in [9.17, 15) is 9.18 Å². The van der Waals surface area contributed by atoms with Crippen molar-refractivity contribution >= 4 is 17.3 Å². The number of carbonyl (C=O) groups excluding carboxylic acids is 1. The number of quaternary nitrogens is 1. The first-order valence-electron chi connectivity index (χ1n) is 8.73. The molecule has 1 aliphatic rings. The maximum Gasteiger partial charge on any atom is 0.282 e. The van der Waals surface area contributed by atoms with Crippen molar-refractivity contribution in [2.75, 3.05) is 36.4 Å². The van der Waals surface area contributed by atoms with E-state index in [-0.39, 0.29) is 17.8 Å². The molecule has 1 aliphatic heterocycles. The molecule has 0 spiro atoms. The predicted octanol–water partition coefficient (Wildman–Crippen LogP) is 1.43. The van der Waals surface area contributed by atoms with Crippen LogP contribution in [0, 0.1) is 17.1 Å². The van der Waals surface area contributed by atoms with Crippen molar-refractivity contribution in [1.82, 2.24) is 0 Å². The molecule has 1 heterocycles. The highest BCUT2D eigenvalue weighted by Gasteiger charge is 2.29. The van der Waals surface area contributed by atoms with Gasteiger partial charge in [-0.1, -0.05) is 0 Å². The number of nitrogens with zero attached hydrogens (tertiary/aromatic N) is 2. The van der Waals surface area contributed by atoms with Gasteiger partial charge in [-0.2, -0.15) is 5.26 Å². The smallest absolute Gasteiger partial charge is 0.282 e. The monoisotopic (exact) mass is 353 g/mol. The van der Waals surface area contributed by atoms with E-state index in [0.29, 0.717) is 11.3 Å². The summed E-state index contributed by atoms with van der Waals surface area (Å²) in [6.45, 7) is 5.28. The quantitative estimate of drug-likeness (QED) is 0.874. The zero-order chi connectivity index (χ0) is 18.5. The van der Waals surface area contributed by atoms with Crippen LogP contribution in [0.4, 0.5) is 15.8 Å². The molecule has 5 nitrogen and oxygen atoms in total. The first-order chi connectivity index (χ1) is 12.6. The Hall–Kier alpha value is -2.91. The molecular weight excluding hydrogens is 331 g/mol. The lowest BCUT2D eigenvalue weighted by Crippen LogP contribution is -3.19. The van der Waals surface area contributed by atoms with Crippen LogP contribution in [0.2, 0.25) is 0 Å². The van der Waals surface area contributed by atoms with Gasteiger partial charge in [-0.15, -0.1) is 0 Å². The van der Waals surface area contributed by atoms with E-state index >= 15 is 0 Å². The summed E-state index contributed by atoms with van der Waals surface area (Å²) < 4.78 is 13.0. The molecule has 26 heavy (non-hydrogen) atoms. The minimum atomic E-state index is -0.230. The number of hydrogen-bond donors (Lipinski definition) is 2. The molecule has 3 rings (SSSR count). The zero-order valence-electron chi connectivity index (χ0n) is 14.7. The number of piperazine rings is 1. The molecule has 0 saturated carbocycles. The Morgan fingerprint density at radius 3 is 2.35 bits per heavy atom. The van der Waals surface area contributed by atoms with Crippen molar-refractivity contribution in [3.8, 4) is 6.07 Å². The van der Waals surface area contributed by atoms with Crippen LogP contribution in [-0.4, -0.2) is 38.1 Å². The summed E-state index contributed by atoms with van der Waals surface area (Å²) in [7, 11) is 0. The normalized spacial score (nSPS) is 16.0. The highest BCUT2D eigenvalue weighted by atomic mass is 19.1.